The molecular weight excluding hydrogens is 851 g/mol. The lowest BCUT2D eigenvalue weighted by Crippen LogP contribution is -3.00. The molecule has 0 radical (unpaired) electrons. The second kappa shape index (κ2) is 47.9. The standard InChI is InChI=1S/C52H102N2O8.2ClH/c1-49(55)59-47-43-53(3,4)41-35-29-23-17-13-19-25-31-37-45-61-51(57)39-33-27-21-15-11-9-7-8-10-12-16-22-28-34-40-52(58)62-46-38-32-26-20-14-18-24-30-36-42-54(5,6)44-48-60-50(2)56;;/h7-48H2,1-6H3;2*1H/q+2;;/p-2. The number of halogens is 2. The number of carbonyl (C=O) groups excluding carboxylic acids is 4. The molecule has 0 saturated heterocycles. The molecule has 0 aromatic rings. The SMILES string of the molecule is CC(=O)OCC[N+](C)(C)CCCCCCCCCCCOC(=O)CCCCCCCCCCCCCCCCC(=O)OCCCCCCCCCCC[N+](C)(C)CCOC(C)=O.[Cl-].[Cl-]. The van der Waals surface area contributed by atoms with E-state index in [4.69, 9.17) is 18.9 Å². The lowest BCUT2D eigenvalue weighted by molar-refractivity contribution is -0.890. The van der Waals surface area contributed by atoms with Crippen molar-refractivity contribution in [3.63, 3.8) is 0 Å². The Morgan fingerprint density at radius 3 is 0.750 bits per heavy atom. The summed E-state index contributed by atoms with van der Waals surface area (Å²) in [7, 11) is 8.83. The van der Waals surface area contributed by atoms with Crippen LogP contribution in [0.1, 0.15) is 232 Å². The number of quaternary nitrogens is 2. The molecule has 0 aromatic carbocycles. The number of ether oxygens (including phenoxy) is 4. The first kappa shape index (κ1) is 66.7. The van der Waals surface area contributed by atoms with E-state index in [-0.39, 0.29) is 48.7 Å². The number of nitrogens with zero attached hydrogens (tertiary/aromatic N) is 2. The second-order valence-electron chi connectivity index (χ2n) is 19.7. The molecular formula is C52H102Cl2N2O8. The van der Waals surface area contributed by atoms with E-state index in [1.165, 1.54) is 168 Å². The third-order valence-electron chi connectivity index (χ3n) is 12.4. The summed E-state index contributed by atoms with van der Waals surface area (Å²) >= 11 is 0. The summed E-state index contributed by atoms with van der Waals surface area (Å²) < 4.78 is 22.9. The molecule has 0 aromatic heterocycles. The molecule has 0 amide bonds. The Hall–Kier alpha value is -1.62. The summed E-state index contributed by atoms with van der Waals surface area (Å²) in [5.41, 5.74) is 0. The lowest BCUT2D eigenvalue weighted by Gasteiger charge is -2.29. The van der Waals surface area contributed by atoms with Crippen molar-refractivity contribution in [3.05, 3.63) is 0 Å². The number of esters is 4. The number of carbonyl (C=O) groups is 4. The minimum atomic E-state index is -0.195. The molecule has 382 valence electrons. The minimum Gasteiger partial charge on any atom is -1.00 e. The van der Waals surface area contributed by atoms with Crippen molar-refractivity contribution >= 4 is 23.9 Å². The molecule has 0 aliphatic heterocycles. The van der Waals surface area contributed by atoms with Crippen LogP contribution in [0.5, 0.6) is 0 Å². The van der Waals surface area contributed by atoms with E-state index in [1.807, 2.05) is 0 Å². The van der Waals surface area contributed by atoms with Gasteiger partial charge in [-0.1, -0.05) is 154 Å². The number of unbranched alkanes of at least 4 members (excludes halogenated alkanes) is 29. The van der Waals surface area contributed by atoms with Crippen LogP contribution in [0.2, 0.25) is 0 Å². The molecule has 0 heterocycles. The topological polar surface area (TPSA) is 105 Å². The summed E-state index contributed by atoms with van der Waals surface area (Å²) in [4.78, 5) is 46.0. The number of rotatable bonds is 47. The Labute approximate surface area is 407 Å². The van der Waals surface area contributed by atoms with E-state index in [9.17, 15) is 19.2 Å². The normalized spacial score (nSPS) is 11.4. The highest BCUT2D eigenvalue weighted by Gasteiger charge is 2.16. The zero-order chi connectivity index (χ0) is 45.8. The fourth-order valence-corrected chi connectivity index (χ4v) is 8.03. The molecule has 10 nitrogen and oxygen atoms in total. The van der Waals surface area contributed by atoms with Gasteiger partial charge in [-0.3, -0.25) is 19.2 Å². The Kier molecular flexibility index (Phi) is 49.8. The maximum atomic E-state index is 12.1. The molecule has 0 N–H and O–H groups in total. The molecule has 64 heavy (non-hydrogen) atoms. The van der Waals surface area contributed by atoms with Crippen molar-refractivity contribution in [1.29, 1.82) is 0 Å². The van der Waals surface area contributed by atoms with Crippen LogP contribution in [0.3, 0.4) is 0 Å². The Balaban J connectivity index is -0.0000186. The van der Waals surface area contributed by atoms with Crippen LogP contribution in [0.4, 0.5) is 0 Å². The van der Waals surface area contributed by atoms with E-state index in [0.717, 1.165) is 86.5 Å². The summed E-state index contributed by atoms with van der Waals surface area (Å²) in [6, 6.07) is 0. The Bertz CT molecular complexity index is 996. The predicted molar refractivity (Wildman–Crippen MR) is 256 cm³/mol. The largest absolute Gasteiger partial charge is 1.00 e. The monoisotopic (exact) mass is 953 g/mol. The van der Waals surface area contributed by atoms with Crippen molar-refractivity contribution in [1.82, 2.24) is 0 Å². The van der Waals surface area contributed by atoms with Gasteiger partial charge >= 0.3 is 23.9 Å². The quantitative estimate of drug-likeness (QED) is 0.0291. The van der Waals surface area contributed by atoms with Gasteiger partial charge in [0.1, 0.15) is 26.3 Å². The van der Waals surface area contributed by atoms with Crippen LogP contribution >= 0.6 is 0 Å². The molecule has 0 aliphatic rings. The maximum Gasteiger partial charge on any atom is 0.305 e. The van der Waals surface area contributed by atoms with Gasteiger partial charge < -0.3 is 52.7 Å². The third-order valence-corrected chi connectivity index (χ3v) is 12.4. The molecule has 0 rings (SSSR count). The zero-order valence-corrected chi connectivity index (χ0v) is 44.1. The first-order valence-electron chi connectivity index (χ1n) is 26.0. The molecule has 0 aliphatic carbocycles. The first-order valence-corrected chi connectivity index (χ1v) is 26.0. The van der Waals surface area contributed by atoms with Crippen LogP contribution in [0.15, 0.2) is 0 Å². The van der Waals surface area contributed by atoms with Crippen LogP contribution in [-0.4, -0.2) is 114 Å². The lowest BCUT2D eigenvalue weighted by atomic mass is 10.0. The van der Waals surface area contributed by atoms with Crippen molar-refractivity contribution in [2.45, 2.75) is 232 Å². The third kappa shape index (κ3) is 53.0. The Morgan fingerprint density at radius 2 is 0.500 bits per heavy atom. The molecule has 12 heteroatoms. The van der Waals surface area contributed by atoms with Crippen molar-refractivity contribution in [2.75, 3.05) is 80.8 Å². The molecule has 0 bridgehead atoms. The van der Waals surface area contributed by atoms with E-state index in [1.54, 1.807) is 0 Å². The average Bonchev–Trinajstić information content (AvgIpc) is 3.20. The molecule has 0 atom stereocenters. The maximum absolute atomic E-state index is 12.1. The summed E-state index contributed by atoms with van der Waals surface area (Å²) in [6.07, 6.45) is 40.2. The number of hydrogen-bond donors (Lipinski definition) is 0. The minimum absolute atomic E-state index is 0. The van der Waals surface area contributed by atoms with Crippen LogP contribution in [0.25, 0.3) is 0 Å². The van der Waals surface area contributed by atoms with Crippen LogP contribution in [-0.2, 0) is 38.1 Å². The summed E-state index contributed by atoms with van der Waals surface area (Å²) in [6.45, 7) is 9.10. The van der Waals surface area contributed by atoms with Gasteiger partial charge in [-0.25, -0.2) is 0 Å². The van der Waals surface area contributed by atoms with Crippen molar-refractivity contribution < 1.29 is 71.9 Å². The summed E-state index contributed by atoms with van der Waals surface area (Å²) in [5.74, 6) is -0.429. The summed E-state index contributed by atoms with van der Waals surface area (Å²) in [5, 5.41) is 0. The van der Waals surface area contributed by atoms with Crippen molar-refractivity contribution in [3.8, 4) is 0 Å². The van der Waals surface area contributed by atoms with Gasteiger partial charge in [0.2, 0.25) is 0 Å². The van der Waals surface area contributed by atoms with Crippen LogP contribution in [0, 0.1) is 0 Å². The van der Waals surface area contributed by atoms with E-state index < -0.39 is 0 Å². The molecule has 0 fully saturated rings. The highest BCUT2D eigenvalue weighted by molar-refractivity contribution is 5.69. The van der Waals surface area contributed by atoms with Gasteiger partial charge in [-0.05, 0) is 51.4 Å². The molecule has 0 unspecified atom stereocenters. The fourth-order valence-electron chi connectivity index (χ4n) is 8.03. The van der Waals surface area contributed by atoms with Gasteiger partial charge in [0.25, 0.3) is 0 Å². The first-order chi connectivity index (χ1) is 29.8. The highest BCUT2D eigenvalue weighted by atomic mass is 35.5. The van der Waals surface area contributed by atoms with Crippen molar-refractivity contribution in [2.24, 2.45) is 0 Å². The highest BCUT2D eigenvalue weighted by Crippen LogP contribution is 2.16. The van der Waals surface area contributed by atoms with E-state index in [0.29, 0.717) is 39.3 Å². The van der Waals surface area contributed by atoms with Gasteiger partial charge in [0.05, 0.1) is 54.5 Å². The van der Waals surface area contributed by atoms with Gasteiger partial charge in [0, 0.05) is 26.7 Å². The van der Waals surface area contributed by atoms with Gasteiger partial charge in [-0.15, -0.1) is 0 Å². The fraction of sp³-hybridized carbons (Fsp3) is 0.923. The Morgan fingerprint density at radius 1 is 0.281 bits per heavy atom. The molecule has 0 spiro atoms. The van der Waals surface area contributed by atoms with Gasteiger partial charge in [-0.2, -0.15) is 0 Å². The average molecular weight is 954 g/mol. The van der Waals surface area contributed by atoms with E-state index >= 15 is 0 Å². The van der Waals surface area contributed by atoms with Crippen LogP contribution < -0.4 is 24.8 Å². The molecule has 0 saturated carbocycles. The number of likely N-dealkylation sites (N-methyl/N-ethyl adjacent to an activating group) is 2. The smallest absolute Gasteiger partial charge is 0.305 e. The number of hydrogen-bond acceptors (Lipinski definition) is 8. The van der Waals surface area contributed by atoms with Gasteiger partial charge in [0.15, 0.2) is 0 Å². The van der Waals surface area contributed by atoms with E-state index in [2.05, 4.69) is 28.2 Å². The predicted octanol–water partition coefficient (Wildman–Crippen LogP) is 6.62. The second-order valence-corrected chi connectivity index (χ2v) is 19.7. The zero-order valence-electron chi connectivity index (χ0n) is 42.6.